The number of ether oxygens (including phenoxy) is 1. The lowest BCUT2D eigenvalue weighted by molar-refractivity contribution is 0.411. The molecule has 2 aromatic carbocycles. The first-order chi connectivity index (χ1) is 9.60. The fraction of sp³-hybridized carbons (Fsp3) is 0.294. The molecule has 0 atom stereocenters. The minimum Gasteiger partial charge on any atom is -0.496 e. The van der Waals surface area contributed by atoms with Gasteiger partial charge in [-0.1, -0.05) is 23.8 Å². The Bertz CT molecular complexity index is 621. The summed E-state index contributed by atoms with van der Waals surface area (Å²) < 4.78 is 5.38. The lowest BCUT2D eigenvalue weighted by Crippen LogP contribution is -1.96. The third kappa shape index (κ3) is 2.94. The zero-order valence-electron chi connectivity index (χ0n) is 12.0. The molecule has 0 saturated heterocycles. The Balaban J connectivity index is 2.69. The minimum absolute atomic E-state index is 0.420. The molecule has 0 heterocycles. The molecular weight excluding hydrogens is 291 g/mol. The zero-order chi connectivity index (χ0) is 14.7. The monoisotopic (exact) mass is 308 g/mol. The summed E-state index contributed by atoms with van der Waals surface area (Å²) >= 11 is 12.1. The molecule has 0 fully saturated rings. The number of methoxy groups -OCH3 is 1. The number of aryl methyl sites for hydroxylation is 2. The minimum atomic E-state index is 0.420. The highest BCUT2D eigenvalue weighted by atomic mass is 35.5. The number of hydrogen-bond donors (Lipinski definition) is 0. The maximum atomic E-state index is 6.11. The Labute approximate surface area is 130 Å². The van der Waals surface area contributed by atoms with Gasteiger partial charge in [-0.15, -0.1) is 23.2 Å². The van der Waals surface area contributed by atoms with Crippen LogP contribution in [0.5, 0.6) is 5.75 Å². The van der Waals surface area contributed by atoms with Crippen molar-refractivity contribution in [3.8, 4) is 16.9 Å². The highest BCUT2D eigenvalue weighted by Gasteiger charge is 2.13. The molecule has 0 saturated carbocycles. The van der Waals surface area contributed by atoms with Crippen LogP contribution in [0.25, 0.3) is 11.1 Å². The molecule has 2 rings (SSSR count). The van der Waals surface area contributed by atoms with Gasteiger partial charge in [-0.2, -0.15) is 0 Å². The Morgan fingerprint density at radius 2 is 1.60 bits per heavy atom. The normalized spacial score (nSPS) is 10.7. The van der Waals surface area contributed by atoms with E-state index in [4.69, 9.17) is 27.9 Å². The first-order valence-corrected chi connectivity index (χ1v) is 7.57. The molecule has 0 bridgehead atoms. The maximum Gasteiger partial charge on any atom is 0.123 e. The van der Waals surface area contributed by atoms with Crippen LogP contribution in [0.2, 0.25) is 0 Å². The second-order valence-corrected chi connectivity index (χ2v) is 5.44. The van der Waals surface area contributed by atoms with Gasteiger partial charge in [-0.05, 0) is 48.2 Å². The highest BCUT2D eigenvalue weighted by Crippen LogP contribution is 2.34. The lowest BCUT2D eigenvalue weighted by atomic mass is 9.93. The van der Waals surface area contributed by atoms with E-state index in [0.717, 1.165) is 22.4 Å². The van der Waals surface area contributed by atoms with Gasteiger partial charge in [0, 0.05) is 11.4 Å². The molecule has 0 aliphatic heterocycles. The van der Waals surface area contributed by atoms with Crippen LogP contribution in [0.1, 0.15) is 22.3 Å². The Hall–Kier alpha value is -1.18. The van der Waals surface area contributed by atoms with Crippen LogP contribution in [0.15, 0.2) is 30.3 Å². The van der Waals surface area contributed by atoms with Gasteiger partial charge in [0.2, 0.25) is 0 Å². The Morgan fingerprint density at radius 1 is 0.900 bits per heavy atom. The van der Waals surface area contributed by atoms with Crippen LogP contribution >= 0.6 is 23.2 Å². The van der Waals surface area contributed by atoms with Gasteiger partial charge in [0.05, 0.1) is 13.0 Å². The van der Waals surface area contributed by atoms with Crippen LogP contribution in [0.4, 0.5) is 0 Å². The zero-order valence-corrected chi connectivity index (χ0v) is 13.5. The quantitative estimate of drug-likeness (QED) is 0.682. The molecule has 0 unspecified atom stereocenters. The van der Waals surface area contributed by atoms with Gasteiger partial charge < -0.3 is 4.74 Å². The first-order valence-electron chi connectivity index (χ1n) is 6.50. The van der Waals surface area contributed by atoms with E-state index in [1.54, 1.807) is 7.11 Å². The summed E-state index contributed by atoms with van der Waals surface area (Å²) in [6.07, 6.45) is 0. The fourth-order valence-electron chi connectivity index (χ4n) is 2.35. The van der Waals surface area contributed by atoms with Crippen LogP contribution in [0, 0.1) is 13.8 Å². The summed E-state index contributed by atoms with van der Waals surface area (Å²) in [5.41, 5.74) is 6.85. The summed E-state index contributed by atoms with van der Waals surface area (Å²) in [5, 5.41) is 0. The summed E-state index contributed by atoms with van der Waals surface area (Å²) in [5.74, 6) is 1.66. The molecule has 0 aliphatic rings. The number of benzene rings is 2. The maximum absolute atomic E-state index is 6.11. The van der Waals surface area contributed by atoms with Crippen molar-refractivity contribution in [1.82, 2.24) is 0 Å². The van der Waals surface area contributed by atoms with Gasteiger partial charge in [0.25, 0.3) is 0 Å². The largest absolute Gasteiger partial charge is 0.496 e. The summed E-state index contributed by atoms with van der Waals surface area (Å²) in [6, 6.07) is 10.5. The Kier molecular flexibility index (Phi) is 4.95. The van der Waals surface area contributed by atoms with Crippen molar-refractivity contribution < 1.29 is 4.74 Å². The van der Waals surface area contributed by atoms with E-state index in [1.165, 1.54) is 16.7 Å². The number of hydrogen-bond acceptors (Lipinski definition) is 1. The third-order valence-corrected chi connectivity index (χ3v) is 4.05. The standard InChI is InChI=1S/C17H18Cl2O/c1-11-4-5-12(2)15(6-11)16-7-14(10-19)17(20-3)8-13(16)9-18/h4-8H,9-10H2,1-3H3. The molecule has 1 nitrogen and oxygen atoms in total. The first kappa shape index (κ1) is 15.2. The third-order valence-electron chi connectivity index (χ3n) is 3.48. The van der Waals surface area contributed by atoms with E-state index in [2.05, 4.69) is 38.1 Å². The van der Waals surface area contributed by atoms with Crippen molar-refractivity contribution in [2.75, 3.05) is 7.11 Å². The molecule has 0 amide bonds. The summed E-state index contributed by atoms with van der Waals surface area (Å²) in [7, 11) is 1.65. The molecule has 0 N–H and O–H groups in total. The molecule has 20 heavy (non-hydrogen) atoms. The summed E-state index contributed by atoms with van der Waals surface area (Å²) in [6.45, 7) is 4.20. The van der Waals surface area contributed by atoms with Crippen LogP contribution < -0.4 is 4.74 Å². The van der Waals surface area contributed by atoms with Crippen molar-refractivity contribution in [2.45, 2.75) is 25.6 Å². The van der Waals surface area contributed by atoms with Crippen molar-refractivity contribution in [2.24, 2.45) is 0 Å². The summed E-state index contributed by atoms with van der Waals surface area (Å²) in [4.78, 5) is 0. The van der Waals surface area contributed by atoms with Gasteiger partial charge in [0.15, 0.2) is 0 Å². The van der Waals surface area contributed by atoms with E-state index in [1.807, 2.05) is 6.07 Å². The molecule has 0 aliphatic carbocycles. The molecule has 2 aromatic rings. The number of alkyl halides is 2. The van der Waals surface area contributed by atoms with E-state index in [-0.39, 0.29) is 0 Å². The SMILES string of the molecule is COc1cc(CCl)c(-c2cc(C)ccc2C)cc1CCl. The van der Waals surface area contributed by atoms with Gasteiger partial charge in [-0.25, -0.2) is 0 Å². The topological polar surface area (TPSA) is 9.23 Å². The predicted molar refractivity (Wildman–Crippen MR) is 87.0 cm³/mol. The van der Waals surface area contributed by atoms with Gasteiger partial charge >= 0.3 is 0 Å². The average Bonchev–Trinajstić information content (AvgIpc) is 2.48. The smallest absolute Gasteiger partial charge is 0.123 e. The fourth-order valence-corrected chi connectivity index (χ4v) is 2.78. The molecule has 0 spiro atoms. The van der Waals surface area contributed by atoms with Crippen LogP contribution in [-0.2, 0) is 11.8 Å². The molecule has 106 valence electrons. The number of halogens is 2. The Morgan fingerprint density at radius 3 is 2.20 bits per heavy atom. The van der Waals surface area contributed by atoms with Gasteiger partial charge in [0.1, 0.15) is 5.75 Å². The molecular formula is C17H18Cl2O. The van der Waals surface area contributed by atoms with E-state index in [0.29, 0.717) is 11.8 Å². The highest BCUT2D eigenvalue weighted by molar-refractivity contribution is 6.18. The van der Waals surface area contributed by atoms with Crippen molar-refractivity contribution >= 4 is 23.2 Å². The van der Waals surface area contributed by atoms with Crippen LogP contribution in [-0.4, -0.2) is 7.11 Å². The van der Waals surface area contributed by atoms with Crippen molar-refractivity contribution in [3.63, 3.8) is 0 Å². The van der Waals surface area contributed by atoms with Crippen LogP contribution in [0.3, 0.4) is 0 Å². The molecule has 0 radical (unpaired) electrons. The lowest BCUT2D eigenvalue weighted by Gasteiger charge is -2.15. The van der Waals surface area contributed by atoms with E-state index in [9.17, 15) is 0 Å². The van der Waals surface area contributed by atoms with Crippen molar-refractivity contribution in [3.05, 3.63) is 52.6 Å². The molecule has 0 aromatic heterocycles. The molecule has 3 heteroatoms. The van der Waals surface area contributed by atoms with E-state index >= 15 is 0 Å². The second-order valence-electron chi connectivity index (χ2n) is 4.91. The van der Waals surface area contributed by atoms with E-state index < -0.39 is 0 Å². The predicted octanol–water partition coefficient (Wildman–Crippen LogP) is 5.46. The average molecular weight is 309 g/mol. The second kappa shape index (κ2) is 6.51. The van der Waals surface area contributed by atoms with Gasteiger partial charge in [-0.3, -0.25) is 0 Å². The van der Waals surface area contributed by atoms with Crippen molar-refractivity contribution in [1.29, 1.82) is 0 Å². The number of rotatable bonds is 4.